The lowest BCUT2D eigenvalue weighted by Crippen LogP contribution is -2.01. The fraction of sp³-hybridized carbons (Fsp3) is 0.143. The largest absolute Gasteiger partial charge is 0.494 e. The average Bonchev–Trinajstić information content (AvgIpc) is 2.46. The van der Waals surface area contributed by atoms with Crippen LogP contribution in [0.3, 0.4) is 0 Å². The number of benzene rings is 2. The van der Waals surface area contributed by atoms with Gasteiger partial charge in [0.15, 0.2) is 0 Å². The standard InChI is InChI=1S/C14H13FN2O3/c1-20-14-8-11(15)4-7-13(14)16-9-10-2-5-12(6-3-10)17(18)19/h2-8,16H,9H2,1H3. The number of halogens is 1. The van der Waals surface area contributed by atoms with E-state index in [0.29, 0.717) is 18.0 Å². The van der Waals surface area contributed by atoms with Crippen molar-refractivity contribution in [1.29, 1.82) is 0 Å². The van der Waals surface area contributed by atoms with Crippen molar-refractivity contribution in [2.75, 3.05) is 12.4 Å². The molecule has 1 N–H and O–H groups in total. The lowest BCUT2D eigenvalue weighted by molar-refractivity contribution is -0.384. The predicted octanol–water partition coefficient (Wildman–Crippen LogP) is 3.35. The highest BCUT2D eigenvalue weighted by atomic mass is 19.1. The number of non-ortho nitro benzene ring substituents is 1. The van der Waals surface area contributed by atoms with Crippen molar-refractivity contribution < 1.29 is 14.1 Å². The molecule has 0 spiro atoms. The summed E-state index contributed by atoms with van der Waals surface area (Å²) < 4.78 is 18.1. The smallest absolute Gasteiger partial charge is 0.269 e. The summed E-state index contributed by atoms with van der Waals surface area (Å²) in [6, 6.07) is 10.4. The molecule has 0 radical (unpaired) electrons. The van der Waals surface area contributed by atoms with Gasteiger partial charge in [-0.05, 0) is 17.7 Å². The van der Waals surface area contributed by atoms with E-state index in [1.807, 2.05) is 0 Å². The zero-order chi connectivity index (χ0) is 14.5. The van der Waals surface area contributed by atoms with Crippen molar-refractivity contribution in [3.63, 3.8) is 0 Å². The van der Waals surface area contributed by atoms with E-state index in [9.17, 15) is 14.5 Å². The molecule has 0 saturated heterocycles. The molecule has 0 heterocycles. The van der Waals surface area contributed by atoms with E-state index >= 15 is 0 Å². The van der Waals surface area contributed by atoms with E-state index in [-0.39, 0.29) is 11.5 Å². The lowest BCUT2D eigenvalue weighted by Gasteiger charge is -2.11. The molecular formula is C14H13FN2O3. The Balaban J connectivity index is 2.06. The van der Waals surface area contributed by atoms with Crippen molar-refractivity contribution in [1.82, 2.24) is 0 Å². The van der Waals surface area contributed by atoms with Gasteiger partial charge < -0.3 is 10.1 Å². The minimum Gasteiger partial charge on any atom is -0.494 e. The van der Waals surface area contributed by atoms with Crippen LogP contribution in [-0.4, -0.2) is 12.0 Å². The van der Waals surface area contributed by atoms with Crippen LogP contribution in [0.25, 0.3) is 0 Å². The minimum atomic E-state index is -0.444. The summed E-state index contributed by atoms with van der Waals surface area (Å²) in [7, 11) is 1.46. The molecule has 0 atom stereocenters. The maximum atomic E-state index is 13.0. The monoisotopic (exact) mass is 276 g/mol. The number of hydrogen-bond donors (Lipinski definition) is 1. The van der Waals surface area contributed by atoms with Crippen molar-refractivity contribution in [2.24, 2.45) is 0 Å². The number of anilines is 1. The summed E-state index contributed by atoms with van der Waals surface area (Å²) in [5.41, 5.74) is 1.59. The van der Waals surface area contributed by atoms with Crippen LogP contribution in [0, 0.1) is 15.9 Å². The van der Waals surface area contributed by atoms with Crippen molar-refractivity contribution >= 4 is 11.4 Å². The molecule has 0 aliphatic rings. The molecule has 5 nitrogen and oxygen atoms in total. The van der Waals surface area contributed by atoms with Gasteiger partial charge >= 0.3 is 0 Å². The van der Waals surface area contributed by atoms with Gasteiger partial charge in [0.25, 0.3) is 5.69 Å². The highest BCUT2D eigenvalue weighted by Crippen LogP contribution is 2.25. The van der Waals surface area contributed by atoms with Gasteiger partial charge in [-0.15, -0.1) is 0 Å². The zero-order valence-electron chi connectivity index (χ0n) is 10.8. The van der Waals surface area contributed by atoms with Gasteiger partial charge in [-0.25, -0.2) is 4.39 Å². The number of nitro benzene ring substituents is 1. The number of methoxy groups -OCH3 is 1. The summed E-state index contributed by atoms with van der Waals surface area (Å²) in [4.78, 5) is 10.1. The summed E-state index contributed by atoms with van der Waals surface area (Å²) in [6.45, 7) is 0.458. The molecular weight excluding hydrogens is 263 g/mol. The Morgan fingerprint density at radius 3 is 2.55 bits per heavy atom. The molecule has 0 fully saturated rings. The number of ether oxygens (including phenoxy) is 1. The number of nitrogens with zero attached hydrogens (tertiary/aromatic N) is 1. The Kier molecular flexibility index (Phi) is 4.14. The van der Waals surface area contributed by atoms with Gasteiger partial charge in [0, 0.05) is 24.7 Å². The second-order valence-electron chi connectivity index (χ2n) is 4.12. The summed E-state index contributed by atoms with van der Waals surface area (Å²) in [5.74, 6) is 0.0367. The summed E-state index contributed by atoms with van der Waals surface area (Å²) >= 11 is 0. The number of rotatable bonds is 5. The maximum Gasteiger partial charge on any atom is 0.269 e. The van der Waals surface area contributed by atoms with Crippen LogP contribution in [-0.2, 0) is 6.54 Å². The minimum absolute atomic E-state index is 0.0492. The molecule has 0 aromatic heterocycles. The van der Waals surface area contributed by atoms with Gasteiger partial charge in [0.05, 0.1) is 17.7 Å². The van der Waals surface area contributed by atoms with Gasteiger partial charge in [-0.1, -0.05) is 12.1 Å². The second kappa shape index (κ2) is 6.01. The van der Waals surface area contributed by atoms with E-state index in [0.717, 1.165) is 5.56 Å². The Bertz CT molecular complexity index is 614. The molecule has 2 aromatic rings. The number of hydrogen-bond acceptors (Lipinski definition) is 4. The summed E-state index contributed by atoms with van der Waals surface area (Å²) in [5, 5.41) is 13.6. The first-order chi connectivity index (χ1) is 9.60. The maximum absolute atomic E-state index is 13.0. The molecule has 0 amide bonds. The first-order valence-corrected chi connectivity index (χ1v) is 5.91. The van der Waals surface area contributed by atoms with Crippen molar-refractivity contribution in [3.8, 4) is 5.75 Å². The molecule has 0 aliphatic carbocycles. The highest BCUT2D eigenvalue weighted by Gasteiger charge is 2.06. The van der Waals surface area contributed by atoms with Gasteiger partial charge in [0.1, 0.15) is 11.6 Å². The van der Waals surface area contributed by atoms with E-state index in [2.05, 4.69) is 5.32 Å². The third-order valence-electron chi connectivity index (χ3n) is 2.79. The fourth-order valence-electron chi connectivity index (χ4n) is 1.74. The topological polar surface area (TPSA) is 64.4 Å². The first kappa shape index (κ1) is 13.8. The highest BCUT2D eigenvalue weighted by molar-refractivity contribution is 5.56. The fourth-order valence-corrected chi connectivity index (χ4v) is 1.74. The zero-order valence-corrected chi connectivity index (χ0v) is 10.8. The predicted molar refractivity (Wildman–Crippen MR) is 73.4 cm³/mol. The van der Waals surface area contributed by atoms with Crippen LogP contribution in [0.2, 0.25) is 0 Å². The van der Waals surface area contributed by atoms with Crippen LogP contribution in [0.5, 0.6) is 5.75 Å². The summed E-state index contributed by atoms with van der Waals surface area (Å²) in [6.07, 6.45) is 0. The van der Waals surface area contributed by atoms with Gasteiger partial charge in [-0.3, -0.25) is 10.1 Å². The van der Waals surface area contributed by atoms with Crippen LogP contribution in [0.15, 0.2) is 42.5 Å². The lowest BCUT2D eigenvalue weighted by atomic mass is 10.2. The first-order valence-electron chi connectivity index (χ1n) is 5.91. The van der Waals surface area contributed by atoms with Gasteiger partial charge in [-0.2, -0.15) is 0 Å². The molecule has 2 rings (SSSR count). The Hall–Kier alpha value is -2.63. The Morgan fingerprint density at radius 2 is 1.95 bits per heavy atom. The molecule has 104 valence electrons. The molecule has 2 aromatic carbocycles. The average molecular weight is 276 g/mol. The SMILES string of the molecule is COc1cc(F)ccc1NCc1ccc([N+](=O)[O-])cc1. The molecule has 20 heavy (non-hydrogen) atoms. The van der Waals surface area contributed by atoms with Crippen LogP contribution >= 0.6 is 0 Å². The molecule has 0 unspecified atom stereocenters. The van der Waals surface area contributed by atoms with Crippen molar-refractivity contribution in [3.05, 3.63) is 64.0 Å². The van der Waals surface area contributed by atoms with E-state index in [1.54, 1.807) is 18.2 Å². The van der Waals surface area contributed by atoms with Gasteiger partial charge in [0.2, 0.25) is 0 Å². The molecule has 0 saturated carbocycles. The number of nitrogens with one attached hydrogen (secondary N) is 1. The second-order valence-corrected chi connectivity index (χ2v) is 4.12. The van der Waals surface area contributed by atoms with Crippen LogP contribution in [0.1, 0.15) is 5.56 Å². The van der Waals surface area contributed by atoms with E-state index in [4.69, 9.17) is 4.74 Å². The quantitative estimate of drug-likeness (QED) is 0.671. The van der Waals surface area contributed by atoms with E-state index < -0.39 is 4.92 Å². The molecule has 0 bridgehead atoms. The molecule has 0 aliphatic heterocycles. The Labute approximate surface area is 115 Å². The third-order valence-corrected chi connectivity index (χ3v) is 2.79. The number of nitro groups is 1. The van der Waals surface area contributed by atoms with Crippen molar-refractivity contribution in [2.45, 2.75) is 6.54 Å². The van der Waals surface area contributed by atoms with Crippen LogP contribution in [0.4, 0.5) is 15.8 Å². The normalized spacial score (nSPS) is 10.1. The Morgan fingerprint density at radius 1 is 1.25 bits per heavy atom. The molecule has 6 heteroatoms. The van der Waals surface area contributed by atoms with E-state index in [1.165, 1.54) is 31.4 Å². The third kappa shape index (κ3) is 3.23. The van der Waals surface area contributed by atoms with Crippen LogP contribution < -0.4 is 10.1 Å².